The normalized spacial score (nSPS) is 23.9. The molecule has 0 fully saturated rings. The third-order valence-corrected chi connectivity index (χ3v) is 3.77. The number of halogens is 1. The summed E-state index contributed by atoms with van der Waals surface area (Å²) >= 11 is 3.54. The monoisotopic (exact) mass is 327 g/mol. The Morgan fingerprint density at radius 1 is 1.37 bits per heavy atom. The summed E-state index contributed by atoms with van der Waals surface area (Å²) in [6, 6.07) is 3.91. The van der Waals surface area contributed by atoms with Gasteiger partial charge in [-0.05, 0) is 24.6 Å². The van der Waals surface area contributed by atoms with Crippen molar-refractivity contribution in [2.24, 2.45) is 5.73 Å². The Kier molecular flexibility index (Phi) is 4.89. The molecule has 0 aliphatic carbocycles. The Hall–Kier alpha value is -0.555. The van der Waals surface area contributed by atoms with Gasteiger partial charge in [-0.3, -0.25) is 0 Å². The number of hydrogen-bond acceptors (Lipinski definition) is 4. The molecule has 3 rings (SSSR count). The topological polar surface area (TPSA) is 53.7 Å². The van der Waals surface area contributed by atoms with Gasteiger partial charge in [0.05, 0.1) is 12.2 Å². The Bertz CT molecular complexity index is 458. The van der Waals surface area contributed by atoms with Crippen LogP contribution in [0.15, 0.2) is 16.6 Å². The molecule has 1 aromatic carbocycles. The van der Waals surface area contributed by atoms with E-state index in [1.807, 2.05) is 32.9 Å². The largest absolute Gasteiger partial charge is 0.498 e. The highest BCUT2D eigenvalue weighted by atomic mass is 79.9. The second-order valence-corrected chi connectivity index (χ2v) is 5.18. The highest BCUT2D eigenvalue weighted by molar-refractivity contribution is 9.10. The second-order valence-electron chi connectivity index (χ2n) is 4.32. The van der Waals surface area contributed by atoms with Crippen molar-refractivity contribution in [2.75, 3.05) is 13.2 Å². The van der Waals surface area contributed by atoms with Crippen molar-refractivity contribution in [3.8, 4) is 5.75 Å². The summed E-state index contributed by atoms with van der Waals surface area (Å²) in [4.78, 5) is 0. The molecule has 2 heterocycles. The van der Waals surface area contributed by atoms with Gasteiger partial charge in [0.25, 0.3) is 0 Å². The molecule has 1 aromatic rings. The summed E-state index contributed by atoms with van der Waals surface area (Å²) < 4.78 is 18.4. The molecule has 0 spiro atoms. The zero-order chi connectivity index (χ0) is 14.0. The summed E-state index contributed by atoms with van der Waals surface area (Å²) in [7, 11) is -0.358. The quantitative estimate of drug-likeness (QED) is 0.802. The van der Waals surface area contributed by atoms with Crippen molar-refractivity contribution in [3.05, 3.63) is 22.2 Å². The Morgan fingerprint density at radius 2 is 2.11 bits per heavy atom. The number of ether oxygens (including phenoxy) is 1. The van der Waals surface area contributed by atoms with Gasteiger partial charge in [-0.1, -0.05) is 29.8 Å². The van der Waals surface area contributed by atoms with Crippen LogP contribution in [0.3, 0.4) is 0 Å². The SMILES string of the molecule is CC.CC1COc2ccc(Br)c3c2B(O1)OC3CN. The first-order chi connectivity index (χ1) is 9.20. The third-order valence-electron chi connectivity index (χ3n) is 3.08. The molecule has 0 bridgehead atoms. The summed E-state index contributed by atoms with van der Waals surface area (Å²) in [5, 5.41) is 0. The average Bonchev–Trinajstić information content (AvgIpc) is 2.72. The van der Waals surface area contributed by atoms with Gasteiger partial charge in [0.15, 0.2) is 0 Å². The van der Waals surface area contributed by atoms with Crippen LogP contribution in [0, 0.1) is 0 Å². The van der Waals surface area contributed by atoms with Crippen LogP contribution in [0.2, 0.25) is 0 Å². The molecule has 2 unspecified atom stereocenters. The van der Waals surface area contributed by atoms with Crippen LogP contribution in [0.1, 0.15) is 32.4 Å². The van der Waals surface area contributed by atoms with E-state index in [9.17, 15) is 0 Å². The lowest BCUT2D eigenvalue weighted by Crippen LogP contribution is -2.34. The van der Waals surface area contributed by atoms with Crippen molar-refractivity contribution in [3.63, 3.8) is 0 Å². The molecule has 0 aromatic heterocycles. The lowest BCUT2D eigenvalue weighted by atomic mass is 9.77. The standard InChI is InChI=1S/C11H13BBrNO3.C2H6/c1-6-5-15-8-3-2-7(13)10-9(4-14)17-12(16-6)11(8)10;1-2/h2-3,6,9H,4-5,14H2,1H3;1-2H3. The van der Waals surface area contributed by atoms with Crippen molar-refractivity contribution in [1.29, 1.82) is 0 Å². The minimum Gasteiger partial charge on any atom is -0.491 e. The van der Waals surface area contributed by atoms with Crippen LogP contribution in [0.5, 0.6) is 5.75 Å². The first kappa shape index (κ1) is 14.8. The number of hydrogen-bond donors (Lipinski definition) is 1. The van der Waals surface area contributed by atoms with Gasteiger partial charge in [0, 0.05) is 16.5 Å². The van der Waals surface area contributed by atoms with E-state index in [0.717, 1.165) is 21.2 Å². The van der Waals surface area contributed by atoms with E-state index in [-0.39, 0.29) is 19.3 Å². The number of nitrogens with two attached hydrogens (primary N) is 1. The Morgan fingerprint density at radius 3 is 2.79 bits per heavy atom. The van der Waals surface area contributed by atoms with Crippen LogP contribution < -0.4 is 15.9 Å². The summed E-state index contributed by atoms with van der Waals surface area (Å²) in [6.07, 6.45) is -0.117. The fraction of sp³-hybridized carbons (Fsp3) is 0.538. The van der Waals surface area contributed by atoms with Crippen molar-refractivity contribution in [2.45, 2.75) is 33.0 Å². The second kappa shape index (κ2) is 6.26. The molecular weight excluding hydrogens is 309 g/mol. The molecule has 0 saturated heterocycles. The van der Waals surface area contributed by atoms with Gasteiger partial charge in [0.1, 0.15) is 12.4 Å². The van der Waals surface area contributed by atoms with Crippen LogP contribution in [-0.4, -0.2) is 26.4 Å². The van der Waals surface area contributed by atoms with Crippen molar-refractivity contribution < 1.29 is 14.0 Å². The maximum Gasteiger partial charge on any atom is 0.498 e. The smallest absolute Gasteiger partial charge is 0.491 e. The molecule has 4 nitrogen and oxygen atoms in total. The van der Waals surface area contributed by atoms with Crippen molar-refractivity contribution in [1.82, 2.24) is 0 Å². The van der Waals surface area contributed by atoms with Gasteiger partial charge in [-0.25, -0.2) is 0 Å². The molecule has 0 amide bonds. The highest BCUT2D eigenvalue weighted by Gasteiger charge is 2.43. The number of benzene rings is 1. The van der Waals surface area contributed by atoms with E-state index in [1.165, 1.54) is 0 Å². The highest BCUT2D eigenvalue weighted by Crippen LogP contribution is 2.35. The maximum atomic E-state index is 5.84. The molecule has 104 valence electrons. The van der Waals surface area contributed by atoms with Gasteiger partial charge >= 0.3 is 7.12 Å². The Labute approximate surface area is 122 Å². The minimum atomic E-state index is -0.358. The molecule has 0 saturated carbocycles. The predicted molar refractivity (Wildman–Crippen MR) is 79.8 cm³/mol. The summed E-state index contributed by atoms with van der Waals surface area (Å²) in [5.74, 6) is 0.841. The van der Waals surface area contributed by atoms with E-state index in [1.54, 1.807) is 0 Å². The summed E-state index contributed by atoms with van der Waals surface area (Å²) in [5.41, 5.74) is 7.78. The van der Waals surface area contributed by atoms with Gasteiger partial charge in [0.2, 0.25) is 0 Å². The van der Waals surface area contributed by atoms with Crippen LogP contribution >= 0.6 is 15.9 Å². The van der Waals surface area contributed by atoms with Gasteiger partial charge in [-0.2, -0.15) is 0 Å². The zero-order valence-corrected chi connectivity index (χ0v) is 13.1. The fourth-order valence-corrected chi connectivity index (χ4v) is 2.90. The van der Waals surface area contributed by atoms with Crippen LogP contribution in [0.4, 0.5) is 0 Å². The molecule has 2 aliphatic heterocycles. The molecule has 6 heteroatoms. The first-order valence-electron chi connectivity index (χ1n) is 6.66. The van der Waals surface area contributed by atoms with Crippen molar-refractivity contribution >= 4 is 28.5 Å². The average molecular weight is 328 g/mol. The van der Waals surface area contributed by atoms with E-state index in [4.69, 9.17) is 19.8 Å². The molecule has 19 heavy (non-hydrogen) atoms. The van der Waals surface area contributed by atoms with E-state index in [2.05, 4.69) is 15.9 Å². The lowest BCUT2D eigenvalue weighted by molar-refractivity contribution is 0.101. The van der Waals surface area contributed by atoms with Gasteiger partial charge in [-0.15, -0.1) is 0 Å². The van der Waals surface area contributed by atoms with E-state index >= 15 is 0 Å². The first-order valence-corrected chi connectivity index (χ1v) is 7.46. The third kappa shape index (κ3) is 2.67. The molecule has 2 N–H and O–H groups in total. The molecular formula is C13H19BBrNO3. The predicted octanol–water partition coefficient (Wildman–Crippen LogP) is 2.00. The van der Waals surface area contributed by atoms with E-state index < -0.39 is 0 Å². The fourth-order valence-electron chi connectivity index (χ4n) is 2.30. The van der Waals surface area contributed by atoms with Crippen LogP contribution in [-0.2, 0) is 9.31 Å². The Balaban J connectivity index is 0.000000637. The van der Waals surface area contributed by atoms with Crippen LogP contribution in [0.25, 0.3) is 0 Å². The number of rotatable bonds is 1. The molecule has 2 aliphatic rings. The zero-order valence-electron chi connectivity index (χ0n) is 11.5. The summed E-state index contributed by atoms with van der Waals surface area (Å²) in [6.45, 7) is 6.95. The maximum absolute atomic E-state index is 5.84. The van der Waals surface area contributed by atoms with Gasteiger partial charge < -0.3 is 19.8 Å². The minimum absolute atomic E-state index is 0.00977. The molecule has 2 atom stereocenters. The van der Waals surface area contributed by atoms with E-state index in [0.29, 0.717) is 13.2 Å². The lowest BCUT2D eigenvalue weighted by Gasteiger charge is -2.15. The molecule has 0 radical (unpaired) electrons.